The molecule has 3 aromatic carbocycles. The molecule has 11 heteroatoms. The van der Waals surface area contributed by atoms with Gasteiger partial charge in [-0.1, -0.05) is 53.5 Å². The zero-order valence-corrected chi connectivity index (χ0v) is 30.1. The minimum absolute atomic E-state index is 0.141. The smallest absolute Gasteiger partial charge is 0.142 e. The minimum Gasteiger partial charge on any atom is -0.493 e. The zero-order chi connectivity index (χ0) is 35.5. The van der Waals surface area contributed by atoms with Gasteiger partial charge in [-0.15, -0.1) is 0 Å². The zero-order valence-electron chi connectivity index (χ0n) is 28.6. The number of ether oxygens (including phenoxy) is 3. The van der Waals surface area contributed by atoms with Crippen LogP contribution in [-0.2, 0) is 19.8 Å². The van der Waals surface area contributed by atoms with Crippen molar-refractivity contribution in [3.05, 3.63) is 105 Å². The van der Waals surface area contributed by atoms with Gasteiger partial charge in [-0.2, -0.15) is 5.26 Å². The maximum absolute atomic E-state index is 9.78. The van der Waals surface area contributed by atoms with E-state index in [1.165, 1.54) is 32.1 Å². The van der Waals surface area contributed by atoms with E-state index in [1.54, 1.807) is 31.3 Å². The van der Waals surface area contributed by atoms with Gasteiger partial charge in [0.05, 0.1) is 41.0 Å². The molecule has 0 aliphatic carbocycles. The molecule has 0 atom stereocenters. The first-order chi connectivity index (χ1) is 24.2. The van der Waals surface area contributed by atoms with Crippen LogP contribution in [0.5, 0.6) is 17.2 Å². The molecule has 5 rings (SSSR count). The molecule has 1 aliphatic heterocycles. The Hall–Kier alpha value is -3.88. The van der Waals surface area contributed by atoms with E-state index in [9.17, 15) is 15.5 Å². The standard InChI is InChI=1S/C39H44Cl2N4O5/c1-27-32(9-6-11-35(27)48-15-7-14-45-12-3-4-13-45)33-10-5-8-30(38(33)41)24-50-37-18-36(49-23-29-16-28(19-42)20-43-21-29)31(17-34(37)40)22-44-39(2,25-46)26-47/h5-6,8-11,16-18,20-21,44,46-47H,3-4,7,12-15,22-26H2,1-2H3. The molecule has 0 bridgehead atoms. The Morgan fingerprint density at radius 3 is 2.40 bits per heavy atom. The third-order valence-corrected chi connectivity index (χ3v) is 9.69. The molecule has 1 fully saturated rings. The van der Waals surface area contributed by atoms with Gasteiger partial charge in [-0.05, 0) is 75.5 Å². The highest BCUT2D eigenvalue weighted by Gasteiger charge is 2.23. The number of hydrogen-bond donors (Lipinski definition) is 3. The van der Waals surface area contributed by atoms with E-state index >= 15 is 0 Å². The van der Waals surface area contributed by atoms with Crippen molar-refractivity contribution >= 4 is 23.2 Å². The molecule has 0 amide bonds. The van der Waals surface area contributed by atoms with Crippen LogP contribution < -0.4 is 19.5 Å². The number of pyridine rings is 1. The molecule has 3 N–H and O–H groups in total. The number of hydrogen-bond acceptors (Lipinski definition) is 9. The van der Waals surface area contributed by atoms with E-state index < -0.39 is 5.54 Å². The molecular formula is C39H44Cl2N4O5. The second-order valence-electron chi connectivity index (χ2n) is 12.8. The number of aliphatic hydroxyl groups is 2. The van der Waals surface area contributed by atoms with Crippen molar-refractivity contribution in [2.24, 2.45) is 0 Å². The monoisotopic (exact) mass is 718 g/mol. The second kappa shape index (κ2) is 17.9. The van der Waals surface area contributed by atoms with Crippen molar-refractivity contribution < 1.29 is 24.4 Å². The fourth-order valence-corrected chi connectivity index (χ4v) is 6.34. The average Bonchev–Trinajstić information content (AvgIpc) is 3.66. The van der Waals surface area contributed by atoms with Crippen LogP contribution in [-0.4, -0.2) is 65.1 Å². The largest absolute Gasteiger partial charge is 0.493 e. The fourth-order valence-electron chi connectivity index (χ4n) is 5.81. The summed E-state index contributed by atoms with van der Waals surface area (Å²) in [6, 6.07) is 19.2. The first-order valence-corrected chi connectivity index (χ1v) is 17.6. The first kappa shape index (κ1) is 37.4. The number of aromatic nitrogens is 1. The number of halogens is 2. The van der Waals surface area contributed by atoms with Gasteiger partial charge in [0.15, 0.2) is 0 Å². The van der Waals surface area contributed by atoms with Crippen molar-refractivity contribution in [3.8, 4) is 34.4 Å². The molecule has 0 spiro atoms. The lowest BCUT2D eigenvalue weighted by Gasteiger charge is -2.27. The van der Waals surface area contributed by atoms with Crippen molar-refractivity contribution in [1.82, 2.24) is 15.2 Å². The molecule has 264 valence electrons. The number of likely N-dealkylation sites (tertiary alicyclic amines) is 1. The van der Waals surface area contributed by atoms with Gasteiger partial charge in [-0.3, -0.25) is 4.98 Å². The lowest BCUT2D eigenvalue weighted by molar-refractivity contribution is 0.103. The summed E-state index contributed by atoms with van der Waals surface area (Å²) < 4.78 is 18.7. The fraction of sp³-hybridized carbons (Fsp3) is 0.385. The molecule has 50 heavy (non-hydrogen) atoms. The normalized spacial score (nSPS) is 13.3. The van der Waals surface area contributed by atoms with Crippen molar-refractivity contribution in [2.75, 3.05) is 39.5 Å². The molecule has 0 radical (unpaired) electrons. The number of benzene rings is 3. The first-order valence-electron chi connectivity index (χ1n) is 16.8. The highest BCUT2D eigenvalue weighted by atomic mass is 35.5. The van der Waals surface area contributed by atoms with Gasteiger partial charge in [0.2, 0.25) is 0 Å². The summed E-state index contributed by atoms with van der Waals surface area (Å²) in [5.74, 6) is 1.72. The number of nitrogens with one attached hydrogen (secondary N) is 1. The second-order valence-corrected chi connectivity index (χ2v) is 13.6. The van der Waals surface area contributed by atoms with Crippen molar-refractivity contribution in [1.29, 1.82) is 5.26 Å². The van der Waals surface area contributed by atoms with Crippen LogP contribution in [0.15, 0.2) is 67.0 Å². The van der Waals surface area contributed by atoms with Gasteiger partial charge < -0.3 is 34.6 Å². The summed E-state index contributed by atoms with van der Waals surface area (Å²) in [4.78, 5) is 6.61. The Labute approximate surface area is 304 Å². The van der Waals surface area contributed by atoms with E-state index in [4.69, 9.17) is 37.4 Å². The third-order valence-electron chi connectivity index (χ3n) is 8.95. The van der Waals surface area contributed by atoms with Crippen LogP contribution >= 0.6 is 23.2 Å². The molecule has 1 aromatic heterocycles. The Balaban J connectivity index is 1.32. The van der Waals surface area contributed by atoms with Crippen molar-refractivity contribution in [3.63, 3.8) is 0 Å². The van der Waals surface area contributed by atoms with Crippen LogP contribution in [0.2, 0.25) is 10.0 Å². The highest BCUT2D eigenvalue weighted by Crippen LogP contribution is 2.38. The molecule has 9 nitrogen and oxygen atoms in total. The highest BCUT2D eigenvalue weighted by molar-refractivity contribution is 6.34. The summed E-state index contributed by atoms with van der Waals surface area (Å²) in [6.07, 6.45) is 6.68. The maximum Gasteiger partial charge on any atom is 0.142 e. The van der Waals surface area contributed by atoms with E-state index in [1.807, 2.05) is 36.4 Å². The Morgan fingerprint density at radius 2 is 1.64 bits per heavy atom. The molecule has 4 aromatic rings. The lowest BCUT2D eigenvalue weighted by Crippen LogP contribution is -2.48. The number of nitrogens with zero attached hydrogens (tertiary/aromatic N) is 3. The van der Waals surface area contributed by atoms with Gasteiger partial charge >= 0.3 is 0 Å². The van der Waals surface area contributed by atoms with E-state index in [0.717, 1.165) is 41.0 Å². The van der Waals surface area contributed by atoms with Crippen LogP contribution in [0.25, 0.3) is 11.1 Å². The number of rotatable bonds is 17. The summed E-state index contributed by atoms with van der Waals surface area (Å²) in [5, 5.41) is 32.9. The van der Waals surface area contributed by atoms with E-state index in [0.29, 0.717) is 44.8 Å². The van der Waals surface area contributed by atoms with Gasteiger partial charge in [0, 0.05) is 53.8 Å². The van der Waals surface area contributed by atoms with Crippen LogP contribution in [0.4, 0.5) is 0 Å². The van der Waals surface area contributed by atoms with Crippen molar-refractivity contribution in [2.45, 2.75) is 58.4 Å². The molecule has 1 saturated heterocycles. The number of aliphatic hydroxyl groups excluding tert-OH is 2. The van der Waals surface area contributed by atoms with Gasteiger partial charge in [0.1, 0.15) is 36.5 Å². The van der Waals surface area contributed by atoms with Crippen LogP contribution in [0.3, 0.4) is 0 Å². The quantitative estimate of drug-likeness (QED) is 0.0983. The lowest BCUT2D eigenvalue weighted by atomic mass is 9.98. The Morgan fingerprint density at radius 1 is 0.900 bits per heavy atom. The minimum atomic E-state index is -0.914. The Kier molecular flexibility index (Phi) is 13.4. The van der Waals surface area contributed by atoms with Gasteiger partial charge in [0.25, 0.3) is 0 Å². The van der Waals surface area contributed by atoms with Crippen LogP contribution in [0.1, 0.15) is 54.0 Å². The summed E-state index contributed by atoms with van der Waals surface area (Å²) in [5.41, 5.74) is 4.60. The topological polar surface area (TPSA) is 120 Å². The molecule has 1 aliphatic rings. The Bertz CT molecular complexity index is 1790. The maximum atomic E-state index is 9.78. The predicted octanol–water partition coefficient (Wildman–Crippen LogP) is 7.09. The third kappa shape index (κ3) is 9.67. The van der Waals surface area contributed by atoms with E-state index in [-0.39, 0.29) is 33.0 Å². The summed E-state index contributed by atoms with van der Waals surface area (Å²) in [6.45, 7) is 7.86. The summed E-state index contributed by atoms with van der Waals surface area (Å²) in [7, 11) is 0. The number of nitriles is 1. The molecular weight excluding hydrogens is 675 g/mol. The van der Waals surface area contributed by atoms with Crippen LogP contribution in [0, 0.1) is 18.3 Å². The SMILES string of the molecule is Cc1c(OCCCN2CCCC2)cccc1-c1cccc(COc2cc(OCc3cncc(C#N)c3)c(CNC(C)(CO)CO)cc2Cl)c1Cl. The molecule has 2 heterocycles. The van der Waals surface area contributed by atoms with E-state index in [2.05, 4.69) is 28.2 Å². The predicted molar refractivity (Wildman–Crippen MR) is 196 cm³/mol. The average molecular weight is 720 g/mol. The molecule has 0 unspecified atom stereocenters. The molecule has 0 saturated carbocycles. The van der Waals surface area contributed by atoms with Gasteiger partial charge in [-0.25, -0.2) is 0 Å². The summed E-state index contributed by atoms with van der Waals surface area (Å²) >= 11 is 13.8.